The van der Waals surface area contributed by atoms with Gasteiger partial charge in [0.05, 0.1) is 6.04 Å². The molecule has 0 spiro atoms. The van der Waals surface area contributed by atoms with Gasteiger partial charge in [-0.25, -0.2) is 0 Å². The van der Waals surface area contributed by atoms with Gasteiger partial charge in [0.25, 0.3) is 0 Å². The Morgan fingerprint density at radius 3 is 2.26 bits per heavy atom. The lowest BCUT2D eigenvalue weighted by atomic mass is 10.0. The first-order valence-electron chi connectivity index (χ1n) is 11.0. The normalized spacial score (nSPS) is 17.0. The quantitative estimate of drug-likeness (QED) is 0.470. The zero-order valence-corrected chi connectivity index (χ0v) is 19.4. The topological polar surface area (TPSA) is 15.7 Å². The first-order valence-corrected chi connectivity index (χ1v) is 11.4. The van der Waals surface area contributed by atoms with Crippen molar-refractivity contribution in [3.05, 3.63) is 94.0 Å². The Bertz CT molecular complexity index is 980. The lowest BCUT2D eigenvalue weighted by molar-refractivity contribution is 0.174. The third-order valence-corrected chi connectivity index (χ3v) is 6.25. The Hall–Kier alpha value is -2.49. The van der Waals surface area contributed by atoms with Crippen molar-refractivity contribution < 1.29 is 4.74 Å². The molecular formula is C27H31ClN2O. The largest absolute Gasteiger partial charge is 0.491 e. The lowest BCUT2D eigenvalue weighted by Crippen LogP contribution is -2.55. The van der Waals surface area contributed by atoms with Gasteiger partial charge in [-0.15, -0.1) is 0 Å². The minimum atomic E-state index is 0.272. The van der Waals surface area contributed by atoms with E-state index in [1.165, 1.54) is 27.9 Å². The number of hydrogen-bond donors (Lipinski definition) is 0. The maximum absolute atomic E-state index is 6.23. The van der Waals surface area contributed by atoms with Crippen LogP contribution in [0.1, 0.15) is 22.3 Å². The second-order valence-corrected chi connectivity index (χ2v) is 9.02. The molecule has 4 heteroatoms. The molecule has 0 bridgehead atoms. The third kappa shape index (κ3) is 5.41. The Labute approximate surface area is 191 Å². The molecule has 3 nitrogen and oxygen atoms in total. The SMILES string of the molecule is Cc1cc(C)c(N2CCN(Cc3ccccc3)CC2COc2ccc(Cl)cc2)c(C)c1. The van der Waals surface area contributed by atoms with Gasteiger partial charge in [0.2, 0.25) is 0 Å². The van der Waals surface area contributed by atoms with Gasteiger partial charge >= 0.3 is 0 Å². The van der Waals surface area contributed by atoms with Crippen LogP contribution in [0.5, 0.6) is 5.75 Å². The van der Waals surface area contributed by atoms with Crippen LogP contribution in [-0.2, 0) is 6.54 Å². The second-order valence-electron chi connectivity index (χ2n) is 8.58. The Morgan fingerprint density at radius 2 is 1.58 bits per heavy atom. The van der Waals surface area contributed by atoms with Crippen molar-refractivity contribution in [1.29, 1.82) is 0 Å². The summed E-state index contributed by atoms with van der Waals surface area (Å²) in [5, 5.41) is 0.728. The van der Waals surface area contributed by atoms with Crippen LogP contribution in [0.15, 0.2) is 66.7 Å². The lowest BCUT2D eigenvalue weighted by Gasteiger charge is -2.44. The summed E-state index contributed by atoms with van der Waals surface area (Å²) in [4.78, 5) is 5.10. The van der Waals surface area contributed by atoms with Crippen molar-refractivity contribution in [3.8, 4) is 5.75 Å². The molecule has 0 N–H and O–H groups in total. The van der Waals surface area contributed by atoms with Gasteiger partial charge in [-0.3, -0.25) is 4.90 Å². The molecular weight excluding hydrogens is 404 g/mol. The summed E-state index contributed by atoms with van der Waals surface area (Å²) < 4.78 is 6.23. The van der Waals surface area contributed by atoms with E-state index in [0.29, 0.717) is 6.61 Å². The first kappa shape index (κ1) is 21.7. The van der Waals surface area contributed by atoms with E-state index in [2.05, 4.69) is 73.0 Å². The number of hydrogen-bond acceptors (Lipinski definition) is 3. The van der Waals surface area contributed by atoms with Gasteiger partial charge in [-0.05, 0) is 61.7 Å². The minimum Gasteiger partial charge on any atom is -0.491 e. The van der Waals surface area contributed by atoms with Crippen molar-refractivity contribution in [2.45, 2.75) is 33.4 Å². The van der Waals surface area contributed by atoms with Crippen LogP contribution < -0.4 is 9.64 Å². The zero-order valence-electron chi connectivity index (χ0n) is 18.6. The molecule has 3 aromatic carbocycles. The van der Waals surface area contributed by atoms with E-state index in [9.17, 15) is 0 Å². The van der Waals surface area contributed by atoms with Gasteiger partial charge < -0.3 is 9.64 Å². The summed E-state index contributed by atoms with van der Waals surface area (Å²) in [6.07, 6.45) is 0. The molecule has 1 aliphatic heterocycles. The summed E-state index contributed by atoms with van der Waals surface area (Å²) in [6, 6.07) is 23.2. The molecule has 1 aliphatic rings. The summed E-state index contributed by atoms with van der Waals surface area (Å²) in [6.45, 7) is 11.2. The smallest absolute Gasteiger partial charge is 0.119 e. The van der Waals surface area contributed by atoms with Crippen LogP contribution >= 0.6 is 11.6 Å². The highest BCUT2D eigenvalue weighted by Gasteiger charge is 2.29. The van der Waals surface area contributed by atoms with Crippen LogP contribution in [0.2, 0.25) is 5.02 Å². The fourth-order valence-corrected chi connectivity index (χ4v) is 4.82. The van der Waals surface area contributed by atoms with Gasteiger partial charge in [-0.1, -0.05) is 59.6 Å². The molecule has 3 aromatic rings. The number of anilines is 1. The molecule has 1 heterocycles. The van der Waals surface area contributed by atoms with Crippen molar-refractivity contribution in [1.82, 2.24) is 4.90 Å². The molecule has 4 rings (SSSR count). The van der Waals surface area contributed by atoms with E-state index in [4.69, 9.17) is 16.3 Å². The average Bonchev–Trinajstić information content (AvgIpc) is 2.74. The molecule has 0 saturated carbocycles. The molecule has 0 radical (unpaired) electrons. The van der Waals surface area contributed by atoms with Crippen LogP contribution in [0.3, 0.4) is 0 Å². The van der Waals surface area contributed by atoms with E-state index in [0.717, 1.165) is 37.0 Å². The summed E-state index contributed by atoms with van der Waals surface area (Å²) in [5.41, 5.74) is 6.71. The highest BCUT2D eigenvalue weighted by molar-refractivity contribution is 6.30. The molecule has 0 aromatic heterocycles. The number of rotatable bonds is 6. The third-order valence-electron chi connectivity index (χ3n) is 5.99. The molecule has 0 aliphatic carbocycles. The van der Waals surface area contributed by atoms with Crippen molar-refractivity contribution in [2.24, 2.45) is 0 Å². The Morgan fingerprint density at radius 1 is 0.903 bits per heavy atom. The predicted molar refractivity (Wildman–Crippen MR) is 130 cm³/mol. The Kier molecular flexibility index (Phi) is 6.84. The number of benzene rings is 3. The van der Waals surface area contributed by atoms with E-state index in [-0.39, 0.29) is 6.04 Å². The van der Waals surface area contributed by atoms with Gasteiger partial charge in [0, 0.05) is 36.9 Å². The summed E-state index contributed by atoms with van der Waals surface area (Å²) in [7, 11) is 0. The van der Waals surface area contributed by atoms with Crippen LogP contribution in [0, 0.1) is 20.8 Å². The fraction of sp³-hybridized carbons (Fsp3) is 0.333. The molecule has 162 valence electrons. The monoisotopic (exact) mass is 434 g/mol. The summed E-state index contributed by atoms with van der Waals surface area (Å²) in [5.74, 6) is 0.863. The van der Waals surface area contributed by atoms with E-state index >= 15 is 0 Å². The zero-order chi connectivity index (χ0) is 21.8. The van der Waals surface area contributed by atoms with E-state index in [1.54, 1.807) is 0 Å². The molecule has 1 saturated heterocycles. The van der Waals surface area contributed by atoms with E-state index in [1.807, 2.05) is 24.3 Å². The van der Waals surface area contributed by atoms with Crippen LogP contribution in [0.4, 0.5) is 5.69 Å². The van der Waals surface area contributed by atoms with Crippen molar-refractivity contribution >= 4 is 17.3 Å². The standard InChI is InChI=1S/C27H31ClN2O/c1-20-15-21(2)27(22(3)16-20)30-14-13-29(17-23-7-5-4-6-8-23)18-25(30)19-31-26-11-9-24(28)10-12-26/h4-12,15-16,25H,13-14,17-19H2,1-3H3. The highest BCUT2D eigenvalue weighted by atomic mass is 35.5. The summed E-state index contributed by atoms with van der Waals surface area (Å²) >= 11 is 6.04. The number of ether oxygens (including phenoxy) is 1. The number of nitrogens with zero attached hydrogens (tertiary/aromatic N) is 2. The van der Waals surface area contributed by atoms with Crippen LogP contribution in [0.25, 0.3) is 0 Å². The minimum absolute atomic E-state index is 0.272. The highest BCUT2D eigenvalue weighted by Crippen LogP contribution is 2.30. The number of piperazine rings is 1. The predicted octanol–water partition coefficient (Wildman–Crippen LogP) is 6.04. The first-order chi connectivity index (χ1) is 15.0. The number of halogens is 1. The maximum Gasteiger partial charge on any atom is 0.119 e. The molecule has 0 amide bonds. The molecule has 1 fully saturated rings. The molecule has 31 heavy (non-hydrogen) atoms. The average molecular weight is 435 g/mol. The second kappa shape index (κ2) is 9.76. The van der Waals surface area contributed by atoms with Crippen molar-refractivity contribution in [2.75, 3.05) is 31.1 Å². The molecule has 1 atom stereocenters. The molecule has 1 unspecified atom stereocenters. The van der Waals surface area contributed by atoms with Gasteiger partial charge in [-0.2, -0.15) is 0 Å². The van der Waals surface area contributed by atoms with Gasteiger partial charge in [0.15, 0.2) is 0 Å². The maximum atomic E-state index is 6.23. The number of aryl methyl sites for hydroxylation is 3. The van der Waals surface area contributed by atoms with E-state index < -0.39 is 0 Å². The van der Waals surface area contributed by atoms with Crippen LogP contribution in [-0.4, -0.2) is 37.2 Å². The van der Waals surface area contributed by atoms with Gasteiger partial charge in [0.1, 0.15) is 12.4 Å². The fourth-order valence-electron chi connectivity index (χ4n) is 4.69. The van der Waals surface area contributed by atoms with Crippen molar-refractivity contribution in [3.63, 3.8) is 0 Å². The Balaban J connectivity index is 1.55.